The number of hydrogen-bond donors (Lipinski definition) is 0. The van der Waals surface area contributed by atoms with Crippen LogP contribution in [0.25, 0.3) is 0 Å². The van der Waals surface area contributed by atoms with Crippen LogP contribution in [0.3, 0.4) is 0 Å². The maximum atomic E-state index is 12.4. The number of hydrogen-bond acceptors (Lipinski definition) is 3. The second-order valence-electron chi connectivity index (χ2n) is 3.52. The molecule has 0 aliphatic carbocycles. The lowest BCUT2D eigenvalue weighted by Gasteiger charge is -2.13. The summed E-state index contributed by atoms with van der Waals surface area (Å²) in [6.45, 7) is 0. The number of halogens is 6. The van der Waals surface area contributed by atoms with Crippen LogP contribution in [0.4, 0.5) is 26.3 Å². The van der Waals surface area contributed by atoms with Crippen molar-refractivity contribution in [1.29, 1.82) is 5.26 Å². The smallest absolute Gasteiger partial charge is 0.198 e. The molecule has 9 heteroatoms. The molecular formula is C11H7F6NS2. The molecule has 0 unspecified atom stereocenters. The lowest BCUT2D eigenvalue weighted by atomic mass is 10.1. The first-order valence-corrected chi connectivity index (χ1v) is 6.75. The molecular weight excluding hydrogens is 324 g/mol. The Kier molecular flexibility index (Phi) is 5.65. The minimum atomic E-state index is -4.59. The summed E-state index contributed by atoms with van der Waals surface area (Å²) >= 11 is -0.944. The van der Waals surface area contributed by atoms with E-state index in [-0.39, 0.29) is 28.2 Å². The quantitative estimate of drug-likeness (QED) is 0.548. The molecule has 0 heterocycles. The van der Waals surface area contributed by atoms with Crippen LogP contribution in [0.15, 0.2) is 28.0 Å². The van der Waals surface area contributed by atoms with Crippen LogP contribution < -0.4 is 0 Å². The van der Waals surface area contributed by atoms with Gasteiger partial charge in [-0.1, -0.05) is 6.07 Å². The molecule has 1 nitrogen and oxygen atoms in total. The summed E-state index contributed by atoms with van der Waals surface area (Å²) < 4.78 is 73.8. The SMILES string of the molecule is N#CCCc1ccc(SC(F)(F)F)cc1SC(F)(F)F. The fourth-order valence-corrected chi connectivity index (χ4v) is 2.74. The molecule has 0 bridgehead atoms. The van der Waals surface area contributed by atoms with Gasteiger partial charge in [-0.05, 0) is 47.6 Å². The summed E-state index contributed by atoms with van der Waals surface area (Å²) in [6, 6.07) is 4.93. The van der Waals surface area contributed by atoms with Crippen molar-refractivity contribution >= 4 is 23.5 Å². The fraction of sp³-hybridized carbons (Fsp3) is 0.364. The van der Waals surface area contributed by atoms with Crippen molar-refractivity contribution in [3.8, 4) is 6.07 Å². The number of aryl methyl sites for hydroxylation is 1. The van der Waals surface area contributed by atoms with E-state index in [2.05, 4.69) is 0 Å². The minimum absolute atomic E-state index is 0.00280. The van der Waals surface area contributed by atoms with Gasteiger partial charge in [-0.25, -0.2) is 0 Å². The van der Waals surface area contributed by atoms with E-state index >= 15 is 0 Å². The highest BCUT2D eigenvalue weighted by molar-refractivity contribution is 8.01. The van der Waals surface area contributed by atoms with Gasteiger partial charge in [0.15, 0.2) is 0 Å². The number of nitriles is 1. The molecule has 20 heavy (non-hydrogen) atoms. The third kappa shape index (κ3) is 6.43. The zero-order valence-electron chi connectivity index (χ0n) is 9.68. The second-order valence-corrected chi connectivity index (χ2v) is 5.77. The van der Waals surface area contributed by atoms with Gasteiger partial charge in [0.05, 0.1) is 6.07 Å². The van der Waals surface area contributed by atoms with Crippen LogP contribution in [-0.4, -0.2) is 11.0 Å². The lowest BCUT2D eigenvalue weighted by Crippen LogP contribution is -2.03. The first-order valence-electron chi connectivity index (χ1n) is 5.12. The highest BCUT2D eigenvalue weighted by Crippen LogP contribution is 2.43. The summed E-state index contributed by atoms with van der Waals surface area (Å²) in [7, 11) is 0. The fourth-order valence-electron chi connectivity index (χ4n) is 1.35. The third-order valence-corrected chi connectivity index (χ3v) is 3.56. The molecule has 0 spiro atoms. The van der Waals surface area contributed by atoms with Gasteiger partial charge in [-0.2, -0.15) is 31.6 Å². The van der Waals surface area contributed by atoms with Crippen molar-refractivity contribution in [2.24, 2.45) is 0 Å². The molecule has 0 amide bonds. The lowest BCUT2D eigenvalue weighted by molar-refractivity contribution is -0.0334. The number of rotatable bonds is 4. The molecule has 0 saturated heterocycles. The summed E-state index contributed by atoms with van der Waals surface area (Å²) in [4.78, 5) is -0.619. The van der Waals surface area contributed by atoms with Gasteiger partial charge in [0.25, 0.3) is 0 Å². The van der Waals surface area contributed by atoms with Crippen LogP contribution in [0.5, 0.6) is 0 Å². The zero-order valence-corrected chi connectivity index (χ0v) is 11.3. The maximum Gasteiger partial charge on any atom is 0.446 e. The molecule has 0 N–H and O–H groups in total. The molecule has 0 atom stereocenters. The molecule has 1 aromatic rings. The standard InChI is InChI=1S/C11H7F6NS2/c12-10(13,14)19-8-4-3-7(2-1-5-18)9(6-8)20-11(15,16)17/h3-4,6H,1-2H2. The Bertz CT molecular complexity index is 503. The van der Waals surface area contributed by atoms with Crippen molar-refractivity contribution in [2.75, 3.05) is 0 Å². The van der Waals surface area contributed by atoms with Gasteiger partial charge >= 0.3 is 11.0 Å². The third-order valence-electron chi connectivity index (χ3n) is 2.00. The van der Waals surface area contributed by atoms with E-state index in [0.29, 0.717) is 0 Å². The van der Waals surface area contributed by atoms with Crippen molar-refractivity contribution in [3.63, 3.8) is 0 Å². The summed E-state index contributed by atoms with van der Waals surface area (Å²) in [5.41, 5.74) is -8.95. The molecule has 0 saturated carbocycles. The molecule has 1 aromatic carbocycles. The molecule has 0 aliphatic rings. The van der Waals surface area contributed by atoms with E-state index in [1.54, 1.807) is 6.07 Å². The highest BCUT2D eigenvalue weighted by atomic mass is 32.2. The predicted molar refractivity (Wildman–Crippen MR) is 64.2 cm³/mol. The predicted octanol–water partition coefficient (Wildman–Crippen LogP) is 5.37. The summed E-state index contributed by atoms with van der Waals surface area (Å²) in [6.07, 6.45) is 0.0586. The minimum Gasteiger partial charge on any atom is -0.198 e. The van der Waals surface area contributed by atoms with E-state index in [0.717, 1.165) is 12.1 Å². The maximum absolute atomic E-state index is 12.4. The second kappa shape index (κ2) is 6.63. The van der Waals surface area contributed by atoms with Gasteiger partial charge in [-0.15, -0.1) is 0 Å². The Morgan fingerprint density at radius 3 is 2.10 bits per heavy atom. The van der Waals surface area contributed by atoms with Crippen molar-refractivity contribution in [2.45, 2.75) is 33.6 Å². The normalized spacial score (nSPS) is 12.2. The Morgan fingerprint density at radius 2 is 1.60 bits per heavy atom. The van der Waals surface area contributed by atoms with Gasteiger partial charge in [0.2, 0.25) is 0 Å². The van der Waals surface area contributed by atoms with E-state index in [4.69, 9.17) is 5.26 Å². The molecule has 0 radical (unpaired) electrons. The Labute approximate surface area is 119 Å². The van der Waals surface area contributed by atoms with E-state index < -0.39 is 34.5 Å². The molecule has 0 fully saturated rings. The van der Waals surface area contributed by atoms with Crippen molar-refractivity contribution < 1.29 is 26.3 Å². The first-order chi connectivity index (χ1) is 9.11. The topological polar surface area (TPSA) is 23.8 Å². The van der Waals surface area contributed by atoms with Gasteiger partial charge < -0.3 is 0 Å². The number of alkyl halides is 6. The monoisotopic (exact) mass is 331 g/mol. The number of benzene rings is 1. The van der Waals surface area contributed by atoms with Crippen LogP contribution in [0.2, 0.25) is 0 Å². The van der Waals surface area contributed by atoms with Crippen LogP contribution in [0, 0.1) is 11.3 Å². The Balaban J connectivity index is 3.05. The van der Waals surface area contributed by atoms with Gasteiger partial charge in [0, 0.05) is 16.2 Å². The molecule has 0 aromatic heterocycles. The van der Waals surface area contributed by atoms with E-state index in [1.165, 1.54) is 6.07 Å². The van der Waals surface area contributed by atoms with Crippen LogP contribution in [-0.2, 0) is 6.42 Å². The molecule has 0 aliphatic heterocycles. The highest BCUT2D eigenvalue weighted by Gasteiger charge is 2.32. The molecule has 1 rings (SSSR count). The zero-order chi connectivity index (χ0) is 15.4. The summed E-state index contributed by atoms with van der Waals surface area (Å²) in [5.74, 6) is 0. The van der Waals surface area contributed by atoms with E-state index in [9.17, 15) is 26.3 Å². The molecule has 110 valence electrons. The largest absolute Gasteiger partial charge is 0.446 e. The van der Waals surface area contributed by atoms with E-state index in [1.807, 2.05) is 0 Å². The van der Waals surface area contributed by atoms with Crippen LogP contribution >= 0.6 is 23.5 Å². The average Bonchev–Trinajstić information content (AvgIpc) is 2.23. The summed E-state index contributed by atoms with van der Waals surface area (Å²) in [5, 5.41) is 8.43. The Hall–Kier alpha value is -1.01. The van der Waals surface area contributed by atoms with Crippen LogP contribution in [0.1, 0.15) is 12.0 Å². The van der Waals surface area contributed by atoms with Gasteiger partial charge in [0.1, 0.15) is 0 Å². The Morgan fingerprint density at radius 1 is 1.00 bits per heavy atom. The number of thioether (sulfide) groups is 2. The average molecular weight is 331 g/mol. The van der Waals surface area contributed by atoms with Crippen molar-refractivity contribution in [1.82, 2.24) is 0 Å². The van der Waals surface area contributed by atoms with Gasteiger partial charge in [-0.3, -0.25) is 0 Å². The number of nitrogens with zero attached hydrogens (tertiary/aromatic N) is 1. The van der Waals surface area contributed by atoms with Crippen molar-refractivity contribution in [3.05, 3.63) is 23.8 Å². The first kappa shape index (κ1) is 17.0.